The zero-order valence-electron chi connectivity index (χ0n) is 12.3. The van der Waals surface area contributed by atoms with Crippen LogP contribution in [0.4, 0.5) is 0 Å². The van der Waals surface area contributed by atoms with Gasteiger partial charge >= 0.3 is 0 Å². The van der Waals surface area contributed by atoms with Crippen LogP contribution in [0.3, 0.4) is 0 Å². The highest BCUT2D eigenvalue weighted by Gasteiger charge is 2.41. The van der Waals surface area contributed by atoms with E-state index in [0.29, 0.717) is 0 Å². The highest BCUT2D eigenvalue weighted by Crippen LogP contribution is 2.38. The van der Waals surface area contributed by atoms with Crippen molar-refractivity contribution >= 4 is 0 Å². The van der Waals surface area contributed by atoms with Gasteiger partial charge in [0, 0.05) is 25.7 Å². The smallest absolute Gasteiger partial charge is 0.0589 e. The van der Waals surface area contributed by atoms with Gasteiger partial charge in [-0.25, -0.2) is 0 Å². The van der Waals surface area contributed by atoms with Crippen LogP contribution in [0.25, 0.3) is 0 Å². The lowest BCUT2D eigenvalue weighted by Crippen LogP contribution is -2.52. The molecule has 0 saturated heterocycles. The molecule has 2 atom stereocenters. The van der Waals surface area contributed by atoms with Crippen LogP contribution >= 0.6 is 0 Å². The molecule has 2 unspecified atom stereocenters. The molecule has 2 rings (SSSR count). The van der Waals surface area contributed by atoms with Gasteiger partial charge in [0.05, 0.1) is 6.61 Å². The van der Waals surface area contributed by atoms with Gasteiger partial charge in [-0.05, 0) is 50.6 Å². The average molecular weight is 254 g/mol. The van der Waals surface area contributed by atoms with Crippen molar-refractivity contribution in [2.45, 2.75) is 51.6 Å². The molecule has 0 aromatic carbocycles. The van der Waals surface area contributed by atoms with Crippen LogP contribution in [0, 0.1) is 11.8 Å². The van der Waals surface area contributed by atoms with Crippen LogP contribution in [0.1, 0.15) is 39.5 Å². The summed E-state index contributed by atoms with van der Waals surface area (Å²) in [5.74, 6) is 1.64. The van der Waals surface area contributed by atoms with Gasteiger partial charge in [-0.3, -0.25) is 4.90 Å². The fourth-order valence-electron chi connectivity index (χ4n) is 3.01. The fourth-order valence-corrected chi connectivity index (χ4v) is 3.01. The molecule has 0 aromatic heterocycles. The predicted octanol–water partition coefficient (Wildman–Crippen LogP) is 2.12. The van der Waals surface area contributed by atoms with E-state index in [1.807, 2.05) is 7.11 Å². The van der Waals surface area contributed by atoms with Crippen LogP contribution in [0.15, 0.2) is 0 Å². The van der Waals surface area contributed by atoms with Gasteiger partial charge in [0.25, 0.3) is 0 Å². The molecule has 0 radical (unpaired) electrons. The Kier molecular flexibility index (Phi) is 5.46. The SMILES string of the molecule is COCCN(C1CC1)C1CCC1CNCC(C)C. The Hall–Kier alpha value is -0.120. The largest absolute Gasteiger partial charge is 0.383 e. The van der Waals surface area contributed by atoms with Gasteiger partial charge in [-0.15, -0.1) is 0 Å². The van der Waals surface area contributed by atoms with Crippen LogP contribution in [0.5, 0.6) is 0 Å². The van der Waals surface area contributed by atoms with E-state index in [0.717, 1.165) is 43.6 Å². The molecule has 18 heavy (non-hydrogen) atoms. The summed E-state index contributed by atoms with van der Waals surface area (Å²) >= 11 is 0. The molecule has 3 heteroatoms. The van der Waals surface area contributed by atoms with Crippen LogP contribution in [-0.4, -0.2) is 50.3 Å². The zero-order chi connectivity index (χ0) is 13.0. The number of nitrogens with one attached hydrogen (secondary N) is 1. The van der Waals surface area contributed by atoms with Crippen molar-refractivity contribution in [3.63, 3.8) is 0 Å². The minimum absolute atomic E-state index is 0.761. The molecule has 0 aliphatic heterocycles. The van der Waals surface area contributed by atoms with Gasteiger partial charge in [-0.1, -0.05) is 13.8 Å². The van der Waals surface area contributed by atoms with E-state index in [1.165, 1.54) is 32.2 Å². The quantitative estimate of drug-likeness (QED) is 0.682. The standard InChI is InChI=1S/C15H30N2O/c1-12(2)10-16-11-13-4-7-15(13)17(8-9-18-3)14-5-6-14/h12-16H,4-11H2,1-3H3. The highest BCUT2D eigenvalue weighted by atomic mass is 16.5. The maximum atomic E-state index is 5.26. The van der Waals surface area contributed by atoms with E-state index in [1.54, 1.807) is 0 Å². The summed E-state index contributed by atoms with van der Waals surface area (Å²) in [4.78, 5) is 2.73. The van der Waals surface area contributed by atoms with Gasteiger partial charge in [0.1, 0.15) is 0 Å². The third-order valence-electron chi connectivity index (χ3n) is 4.33. The maximum Gasteiger partial charge on any atom is 0.0589 e. The minimum Gasteiger partial charge on any atom is -0.383 e. The molecule has 0 heterocycles. The Morgan fingerprint density at radius 1 is 1.22 bits per heavy atom. The van der Waals surface area contributed by atoms with E-state index in [2.05, 4.69) is 24.1 Å². The summed E-state index contributed by atoms with van der Waals surface area (Å²) in [6, 6.07) is 1.70. The molecule has 106 valence electrons. The van der Waals surface area contributed by atoms with E-state index >= 15 is 0 Å². The van der Waals surface area contributed by atoms with Crippen molar-refractivity contribution in [2.75, 3.05) is 33.4 Å². The fraction of sp³-hybridized carbons (Fsp3) is 1.00. The molecule has 0 bridgehead atoms. The summed E-state index contributed by atoms with van der Waals surface area (Å²) in [6.45, 7) is 8.94. The van der Waals surface area contributed by atoms with Crippen molar-refractivity contribution in [1.29, 1.82) is 0 Å². The molecular weight excluding hydrogens is 224 g/mol. The molecular formula is C15H30N2O. The van der Waals surface area contributed by atoms with Gasteiger partial charge in [0.2, 0.25) is 0 Å². The highest BCUT2D eigenvalue weighted by molar-refractivity contribution is 4.96. The number of hydrogen-bond acceptors (Lipinski definition) is 3. The predicted molar refractivity (Wildman–Crippen MR) is 75.8 cm³/mol. The summed E-state index contributed by atoms with van der Waals surface area (Å²) in [5.41, 5.74) is 0. The van der Waals surface area contributed by atoms with Crippen LogP contribution in [0.2, 0.25) is 0 Å². The average Bonchev–Trinajstić information content (AvgIpc) is 3.11. The first-order valence-corrected chi connectivity index (χ1v) is 7.67. The molecule has 3 nitrogen and oxygen atoms in total. The third kappa shape index (κ3) is 3.94. The van der Waals surface area contributed by atoms with Gasteiger partial charge in [-0.2, -0.15) is 0 Å². The number of ether oxygens (including phenoxy) is 1. The number of methoxy groups -OCH3 is 1. The first kappa shape index (κ1) is 14.3. The molecule has 1 N–H and O–H groups in total. The second-order valence-corrected chi connectivity index (χ2v) is 6.42. The Balaban J connectivity index is 1.72. The zero-order valence-corrected chi connectivity index (χ0v) is 12.3. The van der Waals surface area contributed by atoms with Crippen LogP contribution < -0.4 is 5.32 Å². The summed E-state index contributed by atoms with van der Waals surface area (Å²) in [6.07, 6.45) is 5.62. The number of hydrogen-bond donors (Lipinski definition) is 1. The lowest BCUT2D eigenvalue weighted by Gasteiger charge is -2.45. The Morgan fingerprint density at radius 3 is 2.50 bits per heavy atom. The van der Waals surface area contributed by atoms with Crippen molar-refractivity contribution < 1.29 is 4.74 Å². The van der Waals surface area contributed by atoms with E-state index in [9.17, 15) is 0 Å². The van der Waals surface area contributed by atoms with Crippen molar-refractivity contribution in [3.8, 4) is 0 Å². The minimum atomic E-state index is 0.761. The second kappa shape index (κ2) is 6.88. The molecule has 2 aliphatic rings. The first-order chi connectivity index (χ1) is 8.72. The molecule has 2 saturated carbocycles. The lowest BCUT2D eigenvalue weighted by atomic mass is 9.78. The van der Waals surface area contributed by atoms with E-state index in [-0.39, 0.29) is 0 Å². The normalized spacial score (nSPS) is 27.8. The van der Waals surface area contributed by atoms with Crippen molar-refractivity contribution in [1.82, 2.24) is 10.2 Å². The first-order valence-electron chi connectivity index (χ1n) is 7.67. The molecule has 2 fully saturated rings. The monoisotopic (exact) mass is 254 g/mol. The van der Waals surface area contributed by atoms with Gasteiger partial charge < -0.3 is 10.1 Å². The lowest BCUT2D eigenvalue weighted by molar-refractivity contribution is 0.0336. The second-order valence-electron chi connectivity index (χ2n) is 6.42. The summed E-state index contributed by atoms with van der Waals surface area (Å²) in [5, 5.41) is 3.63. The Labute approximate surface area is 112 Å². The summed E-state index contributed by atoms with van der Waals surface area (Å²) < 4.78 is 5.26. The van der Waals surface area contributed by atoms with E-state index in [4.69, 9.17) is 4.74 Å². The Morgan fingerprint density at radius 2 is 2.00 bits per heavy atom. The maximum absolute atomic E-state index is 5.26. The molecule has 2 aliphatic carbocycles. The molecule has 0 aromatic rings. The number of nitrogens with zero attached hydrogens (tertiary/aromatic N) is 1. The topological polar surface area (TPSA) is 24.5 Å². The van der Waals surface area contributed by atoms with E-state index < -0.39 is 0 Å². The number of rotatable bonds is 9. The van der Waals surface area contributed by atoms with Crippen molar-refractivity contribution in [3.05, 3.63) is 0 Å². The van der Waals surface area contributed by atoms with Crippen LogP contribution in [-0.2, 0) is 4.74 Å². The Bertz CT molecular complexity index is 241. The third-order valence-corrected chi connectivity index (χ3v) is 4.33. The van der Waals surface area contributed by atoms with Crippen molar-refractivity contribution in [2.24, 2.45) is 11.8 Å². The van der Waals surface area contributed by atoms with Gasteiger partial charge in [0.15, 0.2) is 0 Å². The summed E-state index contributed by atoms with van der Waals surface area (Å²) in [7, 11) is 1.81. The molecule has 0 spiro atoms. The molecule has 0 amide bonds.